The Balaban J connectivity index is 1.62. The number of sulfonamides is 1. The van der Waals surface area contributed by atoms with Crippen LogP contribution in [-0.2, 0) is 26.1 Å². The van der Waals surface area contributed by atoms with Crippen LogP contribution in [0.2, 0.25) is 0 Å². The van der Waals surface area contributed by atoms with Gasteiger partial charge in [0.25, 0.3) is 0 Å². The number of amides is 1. The predicted molar refractivity (Wildman–Crippen MR) is 119 cm³/mol. The Hall–Kier alpha value is -2.58. The minimum absolute atomic E-state index is 0.255. The van der Waals surface area contributed by atoms with Gasteiger partial charge >= 0.3 is 0 Å². The molecule has 1 aliphatic rings. The van der Waals surface area contributed by atoms with E-state index in [0.717, 1.165) is 59.2 Å². The minimum atomic E-state index is -3.60. The number of nitrogens with one attached hydrogen (secondary N) is 1. The number of carbonyl (C=O) groups excluding carboxylic acids is 1. The molecule has 0 aromatic heterocycles. The van der Waals surface area contributed by atoms with Crippen LogP contribution >= 0.6 is 0 Å². The summed E-state index contributed by atoms with van der Waals surface area (Å²) in [7, 11) is -3.60. The van der Waals surface area contributed by atoms with E-state index < -0.39 is 10.0 Å². The van der Waals surface area contributed by atoms with E-state index in [1.807, 2.05) is 44.2 Å². The molecule has 1 amide bonds. The SMILES string of the molecule is Cc1cccc(N(CC(=O)NCc2ccc(N3CCOCC3)cc2)S(C)(=O)=O)c1C. The Morgan fingerprint density at radius 2 is 1.77 bits per heavy atom. The molecule has 0 saturated carbocycles. The first-order valence-electron chi connectivity index (χ1n) is 9.98. The molecule has 1 aliphatic heterocycles. The first kappa shape index (κ1) is 22.1. The van der Waals surface area contributed by atoms with E-state index in [1.165, 1.54) is 0 Å². The fourth-order valence-corrected chi connectivity index (χ4v) is 4.33. The van der Waals surface area contributed by atoms with Crippen molar-refractivity contribution in [2.75, 3.05) is 48.3 Å². The van der Waals surface area contributed by atoms with Gasteiger partial charge in [0, 0.05) is 25.3 Å². The van der Waals surface area contributed by atoms with Crippen LogP contribution in [0.3, 0.4) is 0 Å². The third-order valence-corrected chi connectivity index (χ3v) is 6.46. The lowest BCUT2D eigenvalue weighted by Crippen LogP contribution is -2.40. The minimum Gasteiger partial charge on any atom is -0.378 e. The van der Waals surface area contributed by atoms with Crippen LogP contribution < -0.4 is 14.5 Å². The molecular weight excluding hydrogens is 402 g/mol. The van der Waals surface area contributed by atoms with Crippen molar-refractivity contribution in [3.05, 3.63) is 59.2 Å². The van der Waals surface area contributed by atoms with Gasteiger partial charge in [-0.15, -0.1) is 0 Å². The summed E-state index contributed by atoms with van der Waals surface area (Å²) in [5.41, 5.74) is 4.43. The number of nitrogens with zero attached hydrogens (tertiary/aromatic N) is 2. The summed E-state index contributed by atoms with van der Waals surface area (Å²) in [5.74, 6) is -0.349. The highest BCUT2D eigenvalue weighted by Crippen LogP contribution is 2.24. The topological polar surface area (TPSA) is 79.0 Å². The van der Waals surface area contributed by atoms with Gasteiger partial charge in [0.1, 0.15) is 6.54 Å². The lowest BCUT2D eigenvalue weighted by atomic mass is 10.1. The van der Waals surface area contributed by atoms with Crippen molar-refractivity contribution >= 4 is 27.3 Å². The third kappa shape index (κ3) is 5.52. The summed E-state index contributed by atoms with van der Waals surface area (Å²) < 4.78 is 31.2. The third-order valence-electron chi connectivity index (χ3n) is 5.33. The maximum Gasteiger partial charge on any atom is 0.241 e. The van der Waals surface area contributed by atoms with Crippen LogP contribution in [0.15, 0.2) is 42.5 Å². The molecule has 3 rings (SSSR count). The maximum absolute atomic E-state index is 12.5. The largest absolute Gasteiger partial charge is 0.378 e. The second-order valence-electron chi connectivity index (χ2n) is 7.53. The van der Waals surface area contributed by atoms with Crippen LogP contribution in [0, 0.1) is 13.8 Å². The Bertz CT molecular complexity index is 984. The average molecular weight is 432 g/mol. The summed E-state index contributed by atoms with van der Waals surface area (Å²) in [4.78, 5) is 14.8. The number of carbonyl (C=O) groups is 1. The van der Waals surface area contributed by atoms with E-state index in [2.05, 4.69) is 10.2 Å². The van der Waals surface area contributed by atoms with Crippen LogP contribution in [0.25, 0.3) is 0 Å². The molecule has 8 heteroatoms. The summed E-state index contributed by atoms with van der Waals surface area (Å²) in [6.45, 7) is 7.06. The van der Waals surface area contributed by atoms with Gasteiger partial charge in [0.05, 0.1) is 25.2 Å². The maximum atomic E-state index is 12.5. The van der Waals surface area contributed by atoms with Gasteiger partial charge in [-0.3, -0.25) is 9.10 Å². The molecule has 2 aromatic rings. The molecule has 2 aromatic carbocycles. The van der Waals surface area contributed by atoms with Gasteiger partial charge in [0.2, 0.25) is 15.9 Å². The molecule has 1 fully saturated rings. The number of ether oxygens (including phenoxy) is 1. The molecule has 1 N–H and O–H groups in total. The Labute approximate surface area is 178 Å². The molecule has 0 unspecified atom stereocenters. The molecule has 1 heterocycles. The number of anilines is 2. The van der Waals surface area contributed by atoms with E-state index in [9.17, 15) is 13.2 Å². The van der Waals surface area contributed by atoms with Crippen molar-refractivity contribution in [2.24, 2.45) is 0 Å². The highest BCUT2D eigenvalue weighted by atomic mass is 32.2. The molecule has 1 saturated heterocycles. The van der Waals surface area contributed by atoms with E-state index in [0.29, 0.717) is 12.2 Å². The van der Waals surface area contributed by atoms with E-state index in [1.54, 1.807) is 12.1 Å². The molecule has 30 heavy (non-hydrogen) atoms. The first-order valence-corrected chi connectivity index (χ1v) is 11.8. The Kier molecular flexibility index (Phi) is 6.99. The van der Waals surface area contributed by atoms with Crippen molar-refractivity contribution in [1.29, 1.82) is 0 Å². The van der Waals surface area contributed by atoms with Crippen LogP contribution in [-0.4, -0.2) is 53.4 Å². The smallest absolute Gasteiger partial charge is 0.241 e. The number of morpholine rings is 1. The number of hydrogen-bond acceptors (Lipinski definition) is 5. The highest BCUT2D eigenvalue weighted by molar-refractivity contribution is 7.92. The van der Waals surface area contributed by atoms with Crippen molar-refractivity contribution < 1.29 is 17.9 Å². The Morgan fingerprint density at radius 1 is 1.10 bits per heavy atom. The van der Waals surface area contributed by atoms with Gasteiger partial charge < -0.3 is 15.0 Å². The van der Waals surface area contributed by atoms with Gasteiger partial charge in [-0.05, 0) is 48.7 Å². The molecule has 7 nitrogen and oxygen atoms in total. The highest BCUT2D eigenvalue weighted by Gasteiger charge is 2.22. The van der Waals surface area contributed by atoms with Gasteiger partial charge in [-0.25, -0.2) is 8.42 Å². The summed E-state index contributed by atoms with van der Waals surface area (Å²) in [6.07, 6.45) is 1.12. The fraction of sp³-hybridized carbons (Fsp3) is 0.409. The average Bonchev–Trinajstić information content (AvgIpc) is 2.73. The van der Waals surface area contributed by atoms with E-state index in [-0.39, 0.29) is 12.5 Å². The Morgan fingerprint density at radius 3 is 2.40 bits per heavy atom. The quantitative estimate of drug-likeness (QED) is 0.727. The molecule has 162 valence electrons. The zero-order chi connectivity index (χ0) is 21.7. The summed E-state index contributed by atoms with van der Waals surface area (Å²) >= 11 is 0. The zero-order valence-corrected chi connectivity index (χ0v) is 18.5. The van der Waals surface area contributed by atoms with Gasteiger partial charge in [-0.2, -0.15) is 0 Å². The summed E-state index contributed by atoms with van der Waals surface area (Å²) in [6, 6.07) is 13.5. The van der Waals surface area contributed by atoms with Gasteiger partial charge in [0.15, 0.2) is 0 Å². The predicted octanol–water partition coefficient (Wildman–Crippen LogP) is 2.22. The second-order valence-corrected chi connectivity index (χ2v) is 9.44. The van der Waals surface area contributed by atoms with Crippen LogP contribution in [0.4, 0.5) is 11.4 Å². The van der Waals surface area contributed by atoms with Crippen LogP contribution in [0.5, 0.6) is 0 Å². The zero-order valence-electron chi connectivity index (χ0n) is 17.7. The van der Waals surface area contributed by atoms with E-state index >= 15 is 0 Å². The van der Waals surface area contributed by atoms with E-state index in [4.69, 9.17) is 4.74 Å². The lowest BCUT2D eigenvalue weighted by molar-refractivity contribution is -0.119. The fourth-order valence-electron chi connectivity index (χ4n) is 3.42. The number of hydrogen-bond donors (Lipinski definition) is 1. The molecule has 0 bridgehead atoms. The van der Waals surface area contributed by atoms with Crippen molar-refractivity contribution in [2.45, 2.75) is 20.4 Å². The second kappa shape index (κ2) is 9.49. The molecular formula is C22H29N3O4S. The molecule has 0 radical (unpaired) electrons. The molecule has 0 spiro atoms. The van der Waals surface area contributed by atoms with Crippen molar-refractivity contribution in [3.8, 4) is 0 Å². The monoisotopic (exact) mass is 431 g/mol. The number of rotatable bonds is 7. The van der Waals surface area contributed by atoms with Crippen LogP contribution in [0.1, 0.15) is 16.7 Å². The lowest BCUT2D eigenvalue weighted by Gasteiger charge is -2.29. The molecule has 0 aliphatic carbocycles. The first-order chi connectivity index (χ1) is 14.3. The number of benzene rings is 2. The van der Waals surface area contributed by atoms with Crippen molar-refractivity contribution in [1.82, 2.24) is 5.32 Å². The standard InChI is InChI=1S/C22H29N3O4S/c1-17-5-4-6-21(18(17)2)25(30(3,27)28)16-22(26)23-15-19-7-9-20(10-8-19)24-11-13-29-14-12-24/h4-10H,11-16H2,1-3H3,(H,23,26). The van der Waals surface area contributed by atoms with Gasteiger partial charge in [-0.1, -0.05) is 24.3 Å². The summed E-state index contributed by atoms with van der Waals surface area (Å²) in [5, 5.41) is 2.83. The molecule has 0 atom stereocenters. The number of aryl methyl sites for hydroxylation is 1. The van der Waals surface area contributed by atoms with Crippen molar-refractivity contribution in [3.63, 3.8) is 0 Å². The normalized spacial score (nSPS) is 14.4.